The maximum atomic E-state index is 13.0. The van der Waals surface area contributed by atoms with E-state index < -0.39 is 0 Å². The van der Waals surface area contributed by atoms with Crippen LogP contribution in [0.4, 0.5) is 4.39 Å². The number of thioether (sulfide) groups is 1. The highest BCUT2D eigenvalue weighted by Crippen LogP contribution is 2.26. The van der Waals surface area contributed by atoms with Gasteiger partial charge in [-0.05, 0) is 43.2 Å². The number of hydrogen-bond acceptors (Lipinski definition) is 5. The average molecular weight is 399 g/mol. The molecule has 0 aliphatic heterocycles. The molecule has 0 spiro atoms. The molecule has 0 unspecified atom stereocenters. The fourth-order valence-corrected chi connectivity index (χ4v) is 3.47. The fraction of sp³-hybridized carbons (Fsp3) is 0.286. The Bertz CT molecular complexity index is 900. The van der Waals surface area contributed by atoms with Crippen LogP contribution >= 0.6 is 11.8 Å². The van der Waals surface area contributed by atoms with Gasteiger partial charge in [0.15, 0.2) is 0 Å². The quantitative estimate of drug-likeness (QED) is 0.558. The monoisotopic (exact) mass is 399 g/mol. The smallest absolute Gasteiger partial charge is 0.277 e. The number of hydrogen-bond donors (Lipinski definition) is 1. The molecule has 3 rings (SSSR count). The lowest BCUT2D eigenvalue weighted by atomic mass is 9.96. The van der Waals surface area contributed by atoms with Crippen LogP contribution in [0.5, 0.6) is 0 Å². The lowest BCUT2D eigenvalue weighted by molar-refractivity contribution is -0.120. The molecule has 7 heteroatoms. The highest BCUT2D eigenvalue weighted by molar-refractivity contribution is 8.00. The molecule has 3 aromatic rings. The highest BCUT2D eigenvalue weighted by Gasteiger charge is 2.20. The first-order valence-corrected chi connectivity index (χ1v) is 10.0. The van der Waals surface area contributed by atoms with Gasteiger partial charge in [0.1, 0.15) is 5.82 Å². The average Bonchev–Trinajstić information content (AvgIpc) is 3.18. The number of benzene rings is 2. The summed E-state index contributed by atoms with van der Waals surface area (Å²) in [5, 5.41) is 10.9. The molecule has 0 aliphatic rings. The summed E-state index contributed by atoms with van der Waals surface area (Å²) in [5.74, 6) is 0.158. The minimum absolute atomic E-state index is 0.0825. The van der Waals surface area contributed by atoms with Crippen molar-refractivity contribution in [1.29, 1.82) is 0 Å². The molecule has 0 bridgehead atoms. The second kappa shape index (κ2) is 9.50. The van der Waals surface area contributed by atoms with Crippen LogP contribution in [0.15, 0.2) is 64.2 Å². The molecule has 1 aromatic heterocycles. The summed E-state index contributed by atoms with van der Waals surface area (Å²) >= 11 is 1.20. The first kappa shape index (κ1) is 20.1. The first-order valence-electron chi connectivity index (χ1n) is 9.15. The van der Waals surface area contributed by atoms with Gasteiger partial charge in [0.05, 0.1) is 5.25 Å². The van der Waals surface area contributed by atoms with E-state index in [-0.39, 0.29) is 22.9 Å². The van der Waals surface area contributed by atoms with Crippen molar-refractivity contribution < 1.29 is 13.6 Å². The van der Waals surface area contributed by atoms with Crippen LogP contribution in [-0.2, 0) is 4.79 Å². The van der Waals surface area contributed by atoms with Gasteiger partial charge in [0, 0.05) is 18.0 Å². The van der Waals surface area contributed by atoms with Crippen molar-refractivity contribution in [1.82, 2.24) is 15.5 Å². The molecule has 0 saturated heterocycles. The third-order valence-electron chi connectivity index (χ3n) is 4.43. The zero-order valence-corrected chi connectivity index (χ0v) is 16.6. The molecule has 0 fully saturated rings. The van der Waals surface area contributed by atoms with Crippen molar-refractivity contribution in [3.63, 3.8) is 0 Å². The minimum Gasteiger partial charge on any atom is -0.411 e. The summed E-state index contributed by atoms with van der Waals surface area (Å²) in [5.41, 5.74) is 1.85. The zero-order valence-electron chi connectivity index (χ0n) is 15.8. The Morgan fingerprint density at radius 2 is 1.86 bits per heavy atom. The Kier molecular flexibility index (Phi) is 6.81. The Labute approximate surface area is 167 Å². The van der Waals surface area contributed by atoms with Crippen LogP contribution in [0.3, 0.4) is 0 Å². The van der Waals surface area contributed by atoms with Crippen molar-refractivity contribution in [2.24, 2.45) is 0 Å². The molecule has 1 heterocycles. The normalized spacial score (nSPS) is 13.1. The number of halogens is 1. The topological polar surface area (TPSA) is 68.0 Å². The third kappa shape index (κ3) is 5.19. The number of carbonyl (C=O) groups is 1. The van der Waals surface area contributed by atoms with E-state index in [0.717, 1.165) is 6.42 Å². The molecule has 2 aromatic carbocycles. The standard InChI is InChI=1S/C21H22FN3O2S/c1-3-15(16-7-5-4-6-8-16)13-23-19(26)14(2)28-21-25-24-20(27-21)17-9-11-18(22)12-10-17/h4-12,14-15H,3,13H2,1-2H3,(H,23,26)/t14-,15+/m1/s1. The van der Waals surface area contributed by atoms with Gasteiger partial charge in [-0.2, -0.15) is 0 Å². The number of carbonyl (C=O) groups excluding carboxylic acids is 1. The van der Waals surface area contributed by atoms with E-state index in [1.165, 1.54) is 29.5 Å². The van der Waals surface area contributed by atoms with Gasteiger partial charge >= 0.3 is 0 Å². The third-order valence-corrected chi connectivity index (χ3v) is 5.37. The van der Waals surface area contributed by atoms with Crippen LogP contribution in [0.25, 0.3) is 11.5 Å². The fourth-order valence-electron chi connectivity index (χ4n) is 2.76. The zero-order chi connectivity index (χ0) is 19.9. The summed E-state index contributed by atoms with van der Waals surface area (Å²) in [7, 11) is 0. The molecule has 2 atom stereocenters. The van der Waals surface area contributed by atoms with Crippen LogP contribution < -0.4 is 5.32 Å². The van der Waals surface area contributed by atoms with Gasteiger partial charge in [-0.15, -0.1) is 10.2 Å². The molecule has 146 valence electrons. The lowest BCUT2D eigenvalue weighted by Crippen LogP contribution is -2.34. The van der Waals surface area contributed by atoms with Gasteiger partial charge in [0.25, 0.3) is 5.22 Å². The maximum Gasteiger partial charge on any atom is 0.277 e. The lowest BCUT2D eigenvalue weighted by Gasteiger charge is -2.17. The van der Waals surface area contributed by atoms with Crippen molar-refractivity contribution >= 4 is 17.7 Å². The molecule has 0 aliphatic carbocycles. The maximum absolute atomic E-state index is 13.0. The van der Waals surface area contributed by atoms with Gasteiger partial charge in [-0.1, -0.05) is 49.0 Å². The summed E-state index contributed by atoms with van der Waals surface area (Å²) in [6.45, 7) is 4.48. The Balaban J connectivity index is 1.55. The second-order valence-corrected chi connectivity index (χ2v) is 7.69. The molecule has 0 radical (unpaired) electrons. The van der Waals surface area contributed by atoms with E-state index in [4.69, 9.17) is 4.42 Å². The van der Waals surface area contributed by atoms with E-state index in [2.05, 4.69) is 34.6 Å². The molecule has 5 nitrogen and oxygen atoms in total. The van der Waals surface area contributed by atoms with Gasteiger partial charge in [-0.3, -0.25) is 4.79 Å². The molecule has 28 heavy (non-hydrogen) atoms. The molecular formula is C21H22FN3O2S. The van der Waals surface area contributed by atoms with Gasteiger partial charge in [-0.25, -0.2) is 4.39 Å². The number of rotatable bonds is 8. The van der Waals surface area contributed by atoms with Gasteiger partial charge < -0.3 is 9.73 Å². The molecule has 1 N–H and O–H groups in total. The van der Waals surface area contributed by atoms with Crippen LogP contribution in [0.1, 0.15) is 31.7 Å². The number of aromatic nitrogens is 2. The first-order chi connectivity index (χ1) is 13.6. The number of nitrogens with one attached hydrogen (secondary N) is 1. The Hall–Kier alpha value is -2.67. The predicted octanol–water partition coefficient (Wildman–Crippen LogP) is 4.67. The van der Waals surface area contributed by atoms with E-state index in [1.807, 2.05) is 18.2 Å². The van der Waals surface area contributed by atoms with Crippen LogP contribution in [-0.4, -0.2) is 27.9 Å². The molecule has 1 amide bonds. The van der Waals surface area contributed by atoms with Crippen LogP contribution in [0, 0.1) is 5.82 Å². The number of nitrogens with zero attached hydrogens (tertiary/aromatic N) is 2. The summed E-state index contributed by atoms with van der Waals surface area (Å²) in [6, 6.07) is 16.0. The summed E-state index contributed by atoms with van der Waals surface area (Å²) in [4.78, 5) is 12.4. The van der Waals surface area contributed by atoms with Crippen molar-refractivity contribution in [2.45, 2.75) is 36.7 Å². The van der Waals surface area contributed by atoms with Crippen molar-refractivity contribution in [2.75, 3.05) is 6.54 Å². The molecular weight excluding hydrogens is 377 g/mol. The number of amides is 1. The Morgan fingerprint density at radius 3 is 2.54 bits per heavy atom. The van der Waals surface area contributed by atoms with E-state index in [9.17, 15) is 9.18 Å². The van der Waals surface area contributed by atoms with Crippen molar-refractivity contribution in [3.8, 4) is 11.5 Å². The highest BCUT2D eigenvalue weighted by atomic mass is 32.2. The SMILES string of the molecule is CC[C@@H](CNC(=O)[C@@H](C)Sc1nnc(-c2ccc(F)cc2)o1)c1ccccc1. The predicted molar refractivity (Wildman–Crippen MR) is 107 cm³/mol. The van der Waals surface area contributed by atoms with Crippen LogP contribution in [0.2, 0.25) is 0 Å². The minimum atomic E-state index is -0.380. The summed E-state index contributed by atoms with van der Waals surface area (Å²) in [6.07, 6.45) is 0.941. The Morgan fingerprint density at radius 1 is 1.14 bits per heavy atom. The van der Waals surface area contributed by atoms with E-state index in [0.29, 0.717) is 23.2 Å². The van der Waals surface area contributed by atoms with Gasteiger partial charge in [0.2, 0.25) is 11.8 Å². The van der Waals surface area contributed by atoms with E-state index in [1.54, 1.807) is 19.1 Å². The van der Waals surface area contributed by atoms with Crippen molar-refractivity contribution in [3.05, 3.63) is 66.0 Å². The molecule has 0 saturated carbocycles. The summed E-state index contributed by atoms with van der Waals surface area (Å²) < 4.78 is 18.6. The largest absolute Gasteiger partial charge is 0.411 e. The second-order valence-electron chi connectivity index (χ2n) is 6.40. The van der Waals surface area contributed by atoms with E-state index >= 15 is 0 Å².